The van der Waals surface area contributed by atoms with Gasteiger partial charge in [-0.25, -0.2) is 9.59 Å². The highest BCUT2D eigenvalue weighted by atomic mass is 79.9. The van der Waals surface area contributed by atoms with Gasteiger partial charge in [0, 0.05) is 17.6 Å². The highest BCUT2D eigenvalue weighted by Gasteiger charge is 2.26. The van der Waals surface area contributed by atoms with E-state index in [-0.39, 0.29) is 11.6 Å². The third-order valence-electron chi connectivity index (χ3n) is 3.61. The number of anilines is 1. The fourth-order valence-electron chi connectivity index (χ4n) is 2.83. The molecule has 1 aliphatic heterocycles. The van der Waals surface area contributed by atoms with Crippen LogP contribution in [0, 0.1) is 11.8 Å². The fourth-order valence-corrected chi connectivity index (χ4v) is 3.19. The monoisotopic (exact) mass is 354 g/mol. The minimum Gasteiger partial charge on any atom is -0.478 e. The largest absolute Gasteiger partial charge is 0.478 e. The van der Waals surface area contributed by atoms with Crippen molar-refractivity contribution in [3.05, 3.63) is 28.2 Å². The van der Waals surface area contributed by atoms with E-state index in [9.17, 15) is 14.7 Å². The van der Waals surface area contributed by atoms with Crippen molar-refractivity contribution in [2.24, 2.45) is 11.8 Å². The van der Waals surface area contributed by atoms with Crippen LogP contribution in [0.1, 0.15) is 30.6 Å². The number of nitrogens with zero attached hydrogens (tertiary/aromatic N) is 1. The van der Waals surface area contributed by atoms with E-state index in [1.807, 2.05) is 0 Å². The molecule has 1 fully saturated rings. The van der Waals surface area contributed by atoms with E-state index >= 15 is 0 Å². The zero-order chi connectivity index (χ0) is 15.6. The van der Waals surface area contributed by atoms with Gasteiger partial charge in [-0.05, 0) is 36.5 Å². The Bertz CT molecular complexity index is 552. The summed E-state index contributed by atoms with van der Waals surface area (Å²) in [6.45, 7) is 5.65. The molecular weight excluding hydrogens is 336 g/mol. The van der Waals surface area contributed by atoms with E-state index in [1.165, 1.54) is 6.07 Å². The van der Waals surface area contributed by atoms with Gasteiger partial charge < -0.3 is 15.3 Å². The molecule has 2 unspecified atom stereocenters. The molecule has 1 heterocycles. The maximum atomic E-state index is 12.3. The number of aromatic carboxylic acids is 1. The summed E-state index contributed by atoms with van der Waals surface area (Å²) >= 11 is 3.24. The second-order valence-corrected chi connectivity index (χ2v) is 6.69. The number of hydrogen-bond acceptors (Lipinski definition) is 2. The molecule has 114 valence electrons. The van der Waals surface area contributed by atoms with Crippen molar-refractivity contribution in [1.29, 1.82) is 0 Å². The van der Waals surface area contributed by atoms with Crippen molar-refractivity contribution in [3.8, 4) is 0 Å². The van der Waals surface area contributed by atoms with E-state index in [0.29, 0.717) is 35.1 Å². The molecule has 6 heteroatoms. The molecule has 1 aromatic rings. The van der Waals surface area contributed by atoms with Crippen molar-refractivity contribution in [3.63, 3.8) is 0 Å². The second kappa shape index (κ2) is 6.47. The predicted octanol–water partition coefficient (Wildman–Crippen LogP) is 3.66. The van der Waals surface area contributed by atoms with Crippen molar-refractivity contribution in [2.75, 3.05) is 18.4 Å². The summed E-state index contributed by atoms with van der Waals surface area (Å²) in [7, 11) is 0. The topological polar surface area (TPSA) is 69.6 Å². The summed E-state index contributed by atoms with van der Waals surface area (Å²) < 4.78 is 0.665. The van der Waals surface area contributed by atoms with Gasteiger partial charge in [-0.3, -0.25) is 0 Å². The van der Waals surface area contributed by atoms with Crippen LogP contribution in [0.4, 0.5) is 10.5 Å². The van der Waals surface area contributed by atoms with E-state index in [4.69, 9.17) is 0 Å². The van der Waals surface area contributed by atoms with Gasteiger partial charge in [0.15, 0.2) is 0 Å². The molecule has 2 amide bonds. The average molecular weight is 355 g/mol. The van der Waals surface area contributed by atoms with Crippen molar-refractivity contribution < 1.29 is 14.7 Å². The summed E-state index contributed by atoms with van der Waals surface area (Å²) in [5, 5.41) is 11.9. The van der Waals surface area contributed by atoms with Crippen LogP contribution in [0.25, 0.3) is 0 Å². The van der Waals surface area contributed by atoms with E-state index < -0.39 is 5.97 Å². The van der Waals surface area contributed by atoms with Crippen LogP contribution in [-0.2, 0) is 0 Å². The highest BCUT2D eigenvalue weighted by molar-refractivity contribution is 9.10. The number of carboxylic acid groups (broad SMARTS) is 1. The van der Waals surface area contributed by atoms with Gasteiger partial charge in [-0.15, -0.1) is 0 Å². The number of likely N-dealkylation sites (tertiary alicyclic amines) is 1. The molecule has 1 aliphatic rings. The van der Waals surface area contributed by atoms with E-state index in [2.05, 4.69) is 35.1 Å². The first kappa shape index (κ1) is 15.8. The maximum Gasteiger partial charge on any atom is 0.337 e. The first-order valence-corrected chi connectivity index (χ1v) is 7.75. The standard InChI is InChI=1S/C15H19BrN2O3/c1-9-5-10(2)8-18(7-9)15(21)17-13-4-3-11(16)6-12(13)14(19)20/h3-4,6,9-10H,5,7-8H2,1-2H3,(H,17,21)(H,19,20). The van der Waals surface area contributed by atoms with Crippen molar-refractivity contribution in [1.82, 2.24) is 4.90 Å². The van der Waals surface area contributed by atoms with Gasteiger partial charge in [0.05, 0.1) is 11.3 Å². The Hall–Kier alpha value is -1.56. The highest BCUT2D eigenvalue weighted by Crippen LogP contribution is 2.24. The molecule has 2 rings (SSSR count). The van der Waals surface area contributed by atoms with Crippen LogP contribution in [0.5, 0.6) is 0 Å². The Morgan fingerprint density at radius 3 is 2.48 bits per heavy atom. The fraction of sp³-hybridized carbons (Fsp3) is 0.467. The number of carbonyl (C=O) groups is 2. The first-order chi connectivity index (χ1) is 9.86. The molecule has 21 heavy (non-hydrogen) atoms. The third kappa shape index (κ3) is 3.97. The molecular formula is C15H19BrN2O3. The zero-order valence-electron chi connectivity index (χ0n) is 12.1. The molecule has 0 spiro atoms. The molecule has 2 atom stereocenters. The number of carbonyl (C=O) groups excluding carboxylic acids is 1. The normalized spacial score (nSPS) is 22.0. The van der Waals surface area contributed by atoms with Gasteiger partial charge in [0.1, 0.15) is 0 Å². The number of urea groups is 1. The third-order valence-corrected chi connectivity index (χ3v) is 4.10. The van der Waals surface area contributed by atoms with Crippen LogP contribution in [-0.4, -0.2) is 35.1 Å². The molecule has 0 bridgehead atoms. The van der Waals surface area contributed by atoms with E-state index in [0.717, 1.165) is 6.42 Å². The number of nitrogens with one attached hydrogen (secondary N) is 1. The Morgan fingerprint density at radius 2 is 1.90 bits per heavy atom. The maximum absolute atomic E-state index is 12.3. The predicted molar refractivity (Wildman–Crippen MR) is 84.6 cm³/mol. The van der Waals surface area contributed by atoms with Crippen molar-refractivity contribution >= 4 is 33.6 Å². The average Bonchev–Trinajstić information content (AvgIpc) is 2.39. The molecule has 5 nitrogen and oxygen atoms in total. The van der Waals surface area contributed by atoms with Crippen LogP contribution in [0.2, 0.25) is 0 Å². The lowest BCUT2D eigenvalue weighted by Gasteiger charge is -2.35. The Balaban J connectivity index is 2.14. The van der Waals surface area contributed by atoms with Gasteiger partial charge in [0.2, 0.25) is 0 Å². The van der Waals surface area contributed by atoms with Gasteiger partial charge in [-0.2, -0.15) is 0 Å². The minimum absolute atomic E-state index is 0.0795. The summed E-state index contributed by atoms with van der Waals surface area (Å²) in [4.78, 5) is 25.3. The Morgan fingerprint density at radius 1 is 1.29 bits per heavy atom. The van der Waals surface area contributed by atoms with Gasteiger partial charge >= 0.3 is 12.0 Å². The molecule has 0 aromatic heterocycles. The summed E-state index contributed by atoms with van der Waals surface area (Å²) in [5.41, 5.74) is 0.400. The second-order valence-electron chi connectivity index (χ2n) is 5.78. The smallest absolute Gasteiger partial charge is 0.337 e. The summed E-state index contributed by atoms with van der Waals surface area (Å²) in [6, 6.07) is 4.56. The first-order valence-electron chi connectivity index (χ1n) is 6.95. The zero-order valence-corrected chi connectivity index (χ0v) is 13.7. The van der Waals surface area contributed by atoms with Crippen LogP contribution < -0.4 is 5.32 Å². The lowest BCUT2D eigenvalue weighted by atomic mass is 9.92. The number of piperidine rings is 1. The lowest BCUT2D eigenvalue weighted by Crippen LogP contribution is -2.44. The molecule has 1 saturated heterocycles. The number of amides is 2. The number of hydrogen-bond donors (Lipinski definition) is 2. The quantitative estimate of drug-likeness (QED) is 0.851. The minimum atomic E-state index is -1.06. The van der Waals surface area contributed by atoms with Crippen LogP contribution in [0.15, 0.2) is 22.7 Å². The summed E-state index contributed by atoms with van der Waals surface area (Å²) in [5.74, 6) is -0.140. The molecule has 1 aromatic carbocycles. The number of halogens is 1. The van der Waals surface area contributed by atoms with Crippen molar-refractivity contribution in [2.45, 2.75) is 20.3 Å². The molecule has 2 N–H and O–H groups in total. The Labute approximate surface area is 132 Å². The summed E-state index contributed by atoms with van der Waals surface area (Å²) in [6.07, 6.45) is 1.11. The van der Waals surface area contributed by atoms with Crippen LogP contribution >= 0.6 is 15.9 Å². The van der Waals surface area contributed by atoms with E-state index in [1.54, 1.807) is 17.0 Å². The SMILES string of the molecule is CC1CC(C)CN(C(=O)Nc2ccc(Br)cc2C(=O)O)C1. The number of benzene rings is 1. The Kier molecular flexibility index (Phi) is 4.88. The van der Waals surface area contributed by atoms with Gasteiger partial charge in [0.25, 0.3) is 0 Å². The molecule has 0 radical (unpaired) electrons. The van der Waals surface area contributed by atoms with Crippen LogP contribution in [0.3, 0.4) is 0 Å². The molecule has 0 saturated carbocycles. The number of rotatable bonds is 2. The molecule has 0 aliphatic carbocycles. The van der Waals surface area contributed by atoms with Gasteiger partial charge in [-0.1, -0.05) is 29.8 Å². The lowest BCUT2D eigenvalue weighted by molar-refractivity contribution is 0.0698. The number of carboxylic acids is 1.